The van der Waals surface area contributed by atoms with Gasteiger partial charge in [-0.25, -0.2) is 4.99 Å². The summed E-state index contributed by atoms with van der Waals surface area (Å²) in [5.74, 6) is -0.369. The average Bonchev–Trinajstić information content (AvgIpc) is 2.74. The van der Waals surface area contributed by atoms with Gasteiger partial charge in [0, 0.05) is 10.6 Å². The maximum Gasteiger partial charge on any atom is 0.284 e. The highest BCUT2D eigenvalue weighted by Gasteiger charge is 2.29. The summed E-state index contributed by atoms with van der Waals surface area (Å²) in [6.45, 7) is 1.86. The molecule has 0 radical (unpaired) electrons. The highest BCUT2D eigenvalue weighted by Crippen LogP contribution is 2.37. The van der Waals surface area contributed by atoms with E-state index >= 15 is 0 Å². The van der Waals surface area contributed by atoms with Crippen molar-refractivity contribution in [1.82, 2.24) is 0 Å². The van der Waals surface area contributed by atoms with E-state index in [0.29, 0.717) is 19.6 Å². The second-order valence-corrected chi connectivity index (χ2v) is 11.5. The molecule has 0 N–H and O–H groups in total. The van der Waals surface area contributed by atoms with Gasteiger partial charge in [-0.2, -0.15) is 8.42 Å². The van der Waals surface area contributed by atoms with Gasteiger partial charge in [-0.05, 0) is 107 Å². The maximum atomic E-state index is 13.0. The van der Waals surface area contributed by atoms with Gasteiger partial charge >= 0.3 is 0 Å². The zero-order chi connectivity index (χ0) is 22.9. The van der Waals surface area contributed by atoms with Crippen LogP contribution in [0.15, 0.2) is 80.7 Å². The molecule has 2 aromatic rings. The van der Waals surface area contributed by atoms with Crippen LogP contribution in [0.25, 0.3) is 0 Å². The molecule has 1 aliphatic carbocycles. The van der Waals surface area contributed by atoms with Gasteiger partial charge in [0.2, 0.25) is 5.78 Å². The number of amidine groups is 1. The van der Waals surface area contributed by atoms with E-state index < -0.39 is 10.0 Å². The minimum Gasteiger partial charge on any atom is -0.287 e. The van der Waals surface area contributed by atoms with Gasteiger partial charge < -0.3 is 0 Å². The van der Waals surface area contributed by atoms with E-state index in [1.807, 2.05) is 6.92 Å². The molecular weight excluding hydrogens is 703 g/mol. The number of nitrogens with zero attached hydrogens (tertiary/aromatic N) is 2. The van der Waals surface area contributed by atoms with Crippen LogP contribution >= 0.6 is 75.3 Å². The Morgan fingerprint density at radius 1 is 0.839 bits per heavy atom. The summed E-state index contributed by atoms with van der Waals surface area (Å²) in [6, 6.07) is 12.8. The van der Waals surface area contributed by atoms with Crippen molar-refractivity contribution in [3.63, 3.8) is 0 Å². The first-order valence-electron chi connectivity index (χ1n) is 8.43. The number of sulfonamides is 1. The van der Waals surface area contributed by atoms with Crippen molar-refractivity contribution in [2.24, 2.45) is 9.39 Å². The number of rotatable bonds is 3. The highest BCUT2D eigenvalue weighted by molar-refractivity contribution is 9.16. The van der Waals surface area contributed by atoms with E-state index in [-0.39, 0.29) is 31.2 Å². The Labute approximate surface area is 218 Å². The quantitative estimate of drug-likeness (QED) is 0.199. The number of allylic oxidation sites excluding steroid dienone is 4. The molecule has 0 heterocycles. The van der Waals surface area contributed by atoms with Gasteiger partial charge in [-0.15, -0.1) is 4.40 Å². The molecule has 0 spiro atoms. The molecule has 0 bridgehead atoms. The fourth-order valence-corrected chi connectivity index (χ4v) is 5.74. The Balaban J connectivity index is 2.24. The van der Waals surface area contributed by atoms with Gasteiger partial charge in [0.15, 0.2) is 5.84 Å². The Bertz CT molecular complexity index is 1270. The van der Waals surface area contributed by atoms with E-state index in [9.17, 15) is 13.2 Å². The molecule has 3 rings (SSSR count). The van der Waals surface area contributed by atoms with E-state index in [4.69, 9.17) is 11.6 Å². The predicted molar refractivity (Wildman–Crippen MR) is 139 cm³/mol. The molecule has 0 aliphatic heterocycles. The molecule has 0 amide bonds. The normalized spacial score (nSPS) is 15.6. The average molecular weight is 714 g/mol. The molecule has 0 saturated carbocycles. The number of ketones is 1. The summed E-state index contributed by atoms with van der Waals surface area (Å²) in [5, 5.41) is 0.480. The number of aryl methyl sites for hydroxylation is 1. The molecule has 1 aliphatic rings. The lowest BCUT2D eigenvalue weighted by Crippen LogP contribution is -2.17. The lowest BCUT2D eigenvalue weighted by molar-refractivity contribution is -0.110. The summed E-state index contributed by atoms with van der Waals surface area (Å²) >= 11 is 19.1. The predicted octanol–water partition coefficient (Wildman–Crippen LogP) is 6.81. The van der Waals surface area contributed by atoms with Crippen LogP contribution in [0, 0.1) is 6.92 Å². The molecule has 0 aromatic heterocycles. The summed E-state index contributed by atoms with van der Waals surface area (Å²) < 4.78 is 31.1. The minimum atomic E-state index is -4.06. The third-order valence-corrected chi connectivity index (χ3v) is 9.70. The molecule has 11 heteroatoms. The van der Waals surface area contributed by atoms with Gasteiger partial charge in [-0.3, -0.25) is 4.79 Å². The number of aliphatic imine (C=N–C) groups is 1. The van der Waals surface area contributed by atoms with Crippen LogP contribution in [0.1, 0.15) is 11.1 Å². The standard InChI is InChI=1S/C20H11Br4ClN2O3S/c1-10-2-8-13(9-3-10)31(29,30)27-20(11-4-6-12(25)7-5-11)26-18-14(21)16(23)19(28)17(24)15(18)22/h2-9H,1H3/b27-20+. The van der Waals surface area contributed by atoms with Crippen molar-refractivity contribution in [2.75, 3.05) is 0 Å². The fraction of sp³-hybridized carbons (Fsp3) is 0.0500. The Morgan fingerprint density at radius 2 is 1.35 bits per heavy atom. The van der Waals surface area contributed by atoms with Gasteiger partial charge in [0.05, 0.1) is 28.5 Å². The van der Waals surface area contributed by atoms with Crippen molar-refractivity contribution < 1.29 is 13.2 Å². The van der Waals surface area contributed by atoms with Crippen LogP contribution in [0.3, 0.4) is 0 Å². The third kappa shape index (κ3) is 5.54. The Hall–Kier alpha value is -0.910. The Morgan fingerprint density at radius 3 is 1.87 bits per heavy atom. The van der Waals surface area contributed by atoms with Crippen LogP contribution in [0.5, 0.6) is 0 Å². The Kier molecular flexibility index (Phi) is 7.92. The molecule has 0 atom stereocenters. The SMILES string of the molecule is Cc1ccc(S(=O)(=O)/N=C(/N=C2C(Br)=C(Br)C(=O)C(Br)=C2Br)c2ccc(Cl)cc2)cc1. The van der Waals surface area contributed by atoms with E-state index in [1.54, 1.807) is 36.4 Å². The number of carbonyl (C=O) groups is 1. The molecular formula is C20H11Br4ClN2O3S. The molecule has 0 unspecified atom stereocenters. The fourth-order valence-electron chi connectivity index (χ4n) is 2.42. The molecule has 5 nitrogen and oxygen atoms in total. The smallest absolute Gasteiger partial charge is 0.284 e. The number of hydrogen-bond donors (Lipinski definition) is 0. The zero-order valence-corrected chi connectivity index (χ0v) is 23.5. The molecule has 31 heavy (non-hydrogen) atoms. The maximum absolute atomic E-state index is 13.0. The van der Waals surface area contributed by atoms with Crippen LogP contribution in [0.2, 0.25) is 5.02 Å². The van der Waals surface area contributed by atoms with Gasteiger partial charge in [0.1, 0.15) is 0 Å². The van der Waals surface area contributed by atoms with Gasteiger partial charge in [-0.1, -0.05) is 29.3 Å². The van der Waals surface area contributed by atoms with Crippen molar-refractivity contribution in [3.05, 3.63) is 82.6 Å². The van der Waals surface area contributed by atoms with E-state index in [0.717, 1.165) is 5.56 Å². The number of halogens is 5. The number of Topliss-reactive ketones (excluding diaryl/α,β-unsaturated/α-hetero) is 1. The van der Waals surface area contributed by atoms with Crippen molar-refractivity contribution in [3.8, 4) is 0 Å². The summed E-state index contributed by atoms with van der Waals surface area (Å²) in [7, 11) is -4.06. The van der Waals surface area contributed by atoms with Crippen molar-refractivity contribution in [2.45, 2.75) is 11.8 Å². The summed E-state index contributed by atoms with van der Waals surface area (Å²) in [6.07, 6.45) is 0. The number of benzene rings is 2. The van der Waals surface area contributed by atoms with Crippen LogP contribution in [0.4, 0.5) is 0 Å². The molecule has 160 valence electrons. The number of carbonyl (C=O) groups excluding carboxylic acids is 1. The molecule has 0 saturated heterocycles. The van der Waals surface area contributed by atoms with Crippen molar-refractivity contribution in [1.29, 1.82) is 0 Å². The zero-order valence-electron chi connectivity index (χ0n) is 15.5. The van der Waals surface area contributed by atoms with E-state index in [2.05, 4.69) is 73.1 Å². The first-order chi connectivity index (χ1) is 14.5. The van der Waals surface area contributed by atoms with Crippen LogP contribution in [-0.4, -0.2) is 25.7 Å². The monoisotopic (exact) mass is 710 g/mol. The van der Waals surface area contributed by atoms with Crippen LogP contribution < -0.4 is 0 Å². The second kappa shape index (κ2) is 9.93. The first-order valence-corrected chi connectivity index (χ1v) is 13.4. The number of hydrogen-bond acceptors (Lipinski definition) is 3. The van der Waals surface area contributed by atoms with Crippen LogP contribution in [-0.2, 0) is 14.8 Å². The third-order valence-electron chi connectivity index (χ3n) is 4.05. The lowest BCUT2D eigenvalue weighted by atomic mass is 10.1. The topological polar surface area (TPSA) is 75.9 Å². The first kappa shape index (κ1) is 24.7. The molecule has 2 aromatic carbocycles. The largest absolute Gasteiger partial charge is 0.287 e. The van der Waals surface area contributed by atoms with E-state index in [1.165, 1.54) is 12.1 Å². The van der Waals surface area contributed by atoms with Gasteiger partial charge in [0.25, 0.3) is 10.0 Å². The second-order valence-electron chi connectivity index (χ2n) is 6.26. The lowest BCUT2D eigenvalue weighted by Gasteiger charge is -2.15. The molecule has 0 fully saturated rings. The summed E-state index contributed by atoms with van der Waals surface area (Å²) in [5.41, 5.74) is 1.63. The van der Waals surface area contributed by atoms with Crippen molar-refractivity contribution >= 4 is 103 Å². The summed E-state index contributed by atoms with van der Waals surface area (Å²) in [4.78, 5) is 16.8. The highest BCUT2D eigenvalue weighted by atomic mass is 79.9. The minimum absolute atomic E-state index is 0.0372.